The van der Waals surface area contributed by atoms with Crippen molar-refractivity contribution in [2.45, 2.75) is 13.8 Å². The van der Waals surface area contributed by atoms with Gasteiger partial charge in [-0.3, -0.25) is 5.10 Å². The zero-order valence-electron chi connectivity index (χ0n) is 10.5. The summed E-state index contributed by atoms with van der Waals surface area (Å²) in [6.45, 7) is 3.82. The van der Waals surface area contributed by atoms with Crippen molar-refractivity contribution in [1.29, 1.82) is 0 Å². The van der Waals surface area contributed by atoms with Gasteiger partial charge in [0.05, 0.1) is 5.69 Å². The molecule has 0 saturated heterocycles. The normalized spacial score (nSPS) is 11.3. The van der Waals surface area contributed by atoms with E-state index in [4.69, 9.17) is 0 Å². The molecule has 0 atom stereocenters. The van der Waals surface area contributed by atoms with E-state index in [9.17, 15) is 4.39 Å². The summed E-state index contributed by atoms with van der Waals surface area (Å²) in [5, 5.41) is 7.90. The second-order valence-corrected chi connectivity index (χ2v) is 4.44. The number of rotatable bonds is 1. The standard InChI is InChI=1S/C13H13FN4/c1-7-10-6-9(14)4-5-11(10)18(3)12(7)13-15-8(2)16-17-13/h4-6H,1-3H3,(H,15,16,17). The summed E-state index contributed by atoms with van der Waals surface area (Å²) < 4.78 is 15.3. The number of hydrogen-bond acceptors (Lipinski definition) is 2. The Morgan fingerprint density at radius 2 is 2.06 bits per heavy atom. The second kappa shape index (κ2) is 3.66. The van der Waals surface area contributed by atoms with Gasteiger partial charge in [-0.2, -0.15) is 5.10 Å². The lowest BCUT2D eigenvalue weighted by atomic mass is 10.1. The number of aromatic amines is 1. The molecule has 1 aromatic carbocycles. The molecule has 92 valence electrons. The maximum Gasteiger partial charge on any atom is 0.198 e. The quantitative estimate of drug-likeness (QED) is 0.715. The largest absolute Gasteiger partial charge is 0.341 e. The summed E-state index contributed by atoms with van der Waals surface area (Å²) in [5.41, 5.74) is 2.89. The van der Waals surface area contributed by atoms with Gasteiger partial charge in [0.25, 0.3) is 0 Å². The molecule has 2 aromatic heterocycles. The van der Waals surface area contributed by atoms with E-state index < -0.39 is 0 Å². The molecule has 0 aliphatic heterocycles. The molecule has 3 aromatic rings. The van der Waals surface area contributed by atoms with Crippen LogP contribution in [0.25, 0.3) is 22.4 Å². The van der Waals surface area contributed by atoms with Gasteiger partial charge in [-0.05, 0) is 37.6 Å². The Morgan fingerprint density at radius 1 is 1.28 bits per heavy atom. The fourth-order valence-electron chi connectivity index (χ4n) is 2.37. The van der Waals surface area contributed by atoms with E-state index in [0.717, 1.165) is 28.0 Å². The van der Waals surface area contributed by atoms with Crippen LogP contribution in [0, 0.1) is 19.7 Å². The van der Waals surface area contributed by atoms with Crippen LogP contribution in [0.2, 0.25) is 0 Å². The average molecular weight is 244 g/mol. The second-order valence-electron chi connectivity index (χ2n) is 4.44. The first-order valence-electron chi connectivity index (χ1n) is 5.72. The number of nitrogens with zero attached hydrogens (tertiary/aromatic N) is 3. The highest BCUT2D eigenvalue weighted by atomic mass is 19.1. The highest BCUT2D eigenvalue weighted by Gasteiger charge is 2.16. The van der Waals surface area contributed by atoms with Crippen molar-refractivity contribution in [3.8, 4) is 11.5 Å². The Hall–Kier alpha value is -2.17. The van der Waals surface area contributed by atoms with Crippen molar-refractivity contribution in [2.75, 3.05) is 0 Å². The first kappa shape index (κ1) is 11.0. The van der Waals surface area contributed by atoms with Gasteiger partial charge >= 0.3 is 0 Å². The molecule has 0 aliphatic carbocycles. The van der Waals surface area contributed by atoms with Crippen LogP contribution in [0.3, 0.4) is 0 Å². The Labute approximate surface area is 103 Å². The third-order valence-electron chi connectivity index (χ3n) is 3.22. The minimum atomic E-state index is -0.228. The molecule has 0 aliphatic rings. The van der Waals surface area contributed by atoms with Gasteiger partial charge in [-0.15, -0.1) is 0 Å². The molecular formula is C13H13FN4. The summed E-state index contributed by atoms with van der Waals surface area (Å²) in [7, 11) is 1.94. The third-order valence-corrected chi connectivity index (χ3v) is 3.22. The number of aromatic nitrogens is 4. The highest BCUT2D eigenvalue weighted by Crippen LogP contribution is 2.30. The van der Waals surface area contributed by atoms with Crippen LogP contribution in [0.1, 0.15) is 11.4 Å². The molecule has 0 bridgehead atoms. The van der Waals surface area contributed by atoms with E-state index in [0.29, 0.717) is 5.82 Å². The lowest BCUT2D eigenvalue weighted by Gasteiger charge is -2.00. The molecule has 3 rings (SSSR count). The average Bonchev–Trinajstić information content (AvgIpc) is 2.84. The Bertz CT molecular complexity index is 739. The van der Waals surface area contributed by atoms with Gasteiger partial charge < -0.3 is 4.57 Å². The van der Waals surface area contributed by atoms with Gasteiger partial charge in [0.1, 0.15) is 11.6 Å². The molecule has 0 fully saturated rings. The number of fused-ring (bicyclic) bond motifs is 1. The van der Waals surface area contributed by atoms with Crippen LogP contribution in [0.4, 0.5) is 4.39 Å². The topological polar surface area (TPSA) is 46.5 Å². The summed E-state index contributed by atoms with van der Waals surface area (Å²) in [4.78, 5) is 4.34. The first-order valence-corrected chi connectivity index (χ1v) is 5.72. The Balaban J connectivity index is 2.36. The van der Waals surface area contributed by atoms with Gasteiger partial charge in [0.15, 0.2) is 5.82 Å². The smallest absolute Gasteiger partial charge is 0.198 e. The summed E-state index contributed by atoms with van der Waals surface area (Å²) in [6, 6.07) is 4.79. The number of halogens is 1. The molecule has 5 heteroatoms. The van der Waals surface area contributed by atoms with E-state index in [1.165, 1.54) is 6.07 Å². The number of benzene rings is 1. The van der Waals surface area contributed by atoms with Crippen molar-refractivity contribution >= 4 is 10.9 Å². The third kappa shape index (κ3) is 1.44. The molecule has 1 N–H and O–H groups in total. The van der Waals surface area contributed by atoms with Crippen molar-refractivity contribution in [3.63, 3.8) is 0 Å². The fourth-order valence-corrected chi connectivity index (χ4v) is 2.37. The first-order chi connectivity index (χ1) is 8.58. The fraction of sp³-hybridized carbons (Fsp3) is 0.231. The summed E-state index contributed by atoms with van der Waals surface area (Å²) in [5.74, 6) is 1.18. The molecule has 0 amide bonds. The molecule has 2 heterocycles. The number of hydrogen-bond donors (Lipinski definition) is 1. The predicted molar refractivity (Wildman–Crippen MR) is 67.7 cm³/mol. The molecular weight excluding hydrogens is 231 g/mol. The van der Waals surface area contributed by atoms with E-state index in [2.05, 4.69) is 15.2 Å². The molecule has 0 unspecified atom stereocenters. The minimum Gasteiger partial charge on any atom is -0.341 e. The van der Waals surface area contributed by atoms with Gasteiger partial charge in [0, 0.05) is 18.0 Å². The zero-order valence-corrected chi connectivity index (χ0v) is 10.5. The van der Waals surface area contributed by atoms with Crippen LogP contribution in [0.5, 0.6) is 0 Å². The Morgan fingerprint density at radius 3 is 2.72 bits per heavy atom. The van der Waals surface area contributed by atoms with Crippen LogP contribution in [0.15, 0.2) is 18.2 Å². The molecule has 0 saturated carbocycles. The molecule has 18 heavy (non-hydrogen) atoms. The van der Waals surface area contributed by atoms with Crippen molar-refractivity contribution in [1.82, 2.24) is 19.7 Å². The van der Waals surface area contributed by atoms with Crippen molar-refractivity contribution in [2.24, 2.45) is 7.05 Å². The van der Waals surface area contributed by atoms with Gasteiger partial charge in [-0.1, -0.05) is 0 Å². The number of aryl methyl sites for hydroxylation is 3. The molecule has 0 radical (unpaired) electrons. The zero-order chi connectivity index (χ0) is 12.9. The van der Waals surface area contributed by atoms with Gasteiger partial charge in [-0.25, -0.2) is 9.37 Å². The monoisotopic (exact) mass is 244 g/mol. The van der Waals surface area contributed by atoms with Crippen LogP contribution >= 0.6 is 0 Å². The molecule has 0 spiro atoms. The van der Waals surface area contributed by atoms with E-state index in [1.807, 2.05) is 25.5 Å². The highest BCUT2D eigenvalue weighted by molar-refractivity contribution is 5.90. The Kier molecular flexibility index (Phi) is 2.23. The van der Waals surface area contributed by atoms with Crippen LogP contribution in [-0.4, -0.2) is 19.7 Å². The van der Waals surface area contributed by atoms with Crippen molar-refractivity contribution in [3.05, 3.63) is 35.4 Å². The maximum absolute atomic E-state index is 13.3. The number of H-pyrrole nitrogens is 1. The SMILES string of the molecule is Cc1nc(-c2c(C)c3cc(F)ccc3n2C)n[nH]1. The predicted octanol–water partition coefficient (Wildman–Crippen LogP) is 2.72. The minimum absolute atomic E-state index is 0.228. The maximum atomic E-state index is 13.3. The molecule has 4 nitrogen and oxygen atoms in total. The summed E-state index contributed by atoms with van der Waals surface area (Å²) >= 11 is 0. The van der Waals surface area contributed by atoms with Crippen molar-refractivity contribution < 1.29 is 4.39 Å². The van der Waals surface area contributed by atoms with Crippen LogP contribution < -0.4 is 0 Å². The van der Waals surface area contributed by atoms with E-state index in [-0.39, 0.29) is 5.82 Å². The lowest BCUT2D eigenvalue weighted by Crippen LogP contribution is -1.94. The number of nitrogens with one attached hydrogen (secondary N) is 1. The lowest BCUT2D eigenvalue weighted by molar-refractivity contribution is 0.629. The van der Waals surface area contributed by atoms with Crippen LogP contribution in [-0.2, 0) is 7.05 Å². The van der Waals surface area contributed by atoms with E-state index in [1.54, 1.807) is 12.1 Å². The van der Waals surface area contributed by atoms with Gasteiger partial charge in [0.2, 0.25) is 0 Å². The van der Waals surface area contributed by atoms with E-state index >= 15 is 0 Å². The summed E-state index contributed by atoms with van der Waals surface area (Å²) in [6.07, 6.45) is 0.